The molecule has 2 heterocycles. The highest BCUT2D eigenvalue weighted by atomic mass is 16.3. The summed E-state index contributed by atoms with van der Waals surface area (Å²) in [4.78, 5) is 6.30. The van der Waals surface area contributed by atoms with Crippen LogP contribution in [0, 0.1) is 0 Å². The molecule has 10 heavy (non-hydrogen) atoms. The Hall–Kier alpha value is -0.570. The van der Waals surface area contributed by atoms with Gasteiger partial charge in [0.15, 0.2) is 6.23 Å². The minimum Gasteiger partial charge on any atom is -0.370 e. The maximum absolute atomic E-state index is 9.13. The van der Waals surface area contributed by atoms with Gasteiger partial charge in [-0.05, 0) is 12.8 Å². The average molecular weight is 140 g/mol. The lowest BCUT2D eigenvalue weighted by Crippen LogP contribution is -2.33. The van der Waals surface area contributed by atoms with E-state index in [1.165, 1.54) is 12.8 Å². The molecule has 0 bridgehead atoms. The minimum absolute atomic E-state index is 0.437. The summed E-state index contributed by atoms with van der Waals surface area (Å²) in [5.41, 5.74) is 0. The van der Waals surface area contributed by atoms with Crippen LogP contribution in [0.2, 0.25) is 0 Å². The molecule has 0 saturated carbocycles. The fourth-order valence-electron chi connectivity index (χ4n) is 1.63. The SMILES string of the molecule is OC1CN2CCCCC2=N1. The highest BCUT2D eigenvalue weighted by molar-refractivity contribution is 5.84. The molecule has 0 radical (unpaired) electrons. The number of aliphatic hydroxyl groups excluding tert-OH is 1. The molecule has 0 aromatic carbocycles. The lowest BCUT2D eigenvalue weighted by Gasteiger charge is -2.24. The van der Waals surface area contributed by atoms with Gasteiger partial charge < -0.3 is 10.0 Å². The van der Waals surface area contributed by atoms with Gasteiger partial charge in [-0.2, -0.15) is 0 Å². The number of fused-ring (bicyclic) bond motifs is 1. The molecule has 2 aliphatic heterocycles. The second kappa shape index (κ2) is 2.23. The normalized spacial score (nSPS) is 31.9. The van der Waals surface area contributed by atoms with Gasteiger partial charge in [0, 0.05) is 13.0 Å². The van der Waals surface area contributed by atoms with Crippen LogP contribution in [0.1, 0.15) is 19.3 Å². The Balaban J connectivity index is 2.10. The van der Waals surface area contributed by atoms with E-state index in [9.17, 15) is 0 Å². The fourth-order valence-corrected chi connectivity index (χ4v) is 1.63. The smallest absolute Gasteiger partial charge is 0.164 e. The van der Waals surface area contributed by atoms with E-state index >= 15 is 0 Å². The topological polar surface area (TPSA) is 35.8 Å². The Morgan fingerprint density at radius 3 is 3.20 bits per heavy atom. The summed E-state index contributed by atoms with van der Waals surface area (Å²) in [7, 11) is 0. The molecule has 56 valence electrons. The van der Waals surface area contributed by atoms with Gasteiger partial charge in [0.2, 0.25) is 0 Å². The number of amidine groups is 1. The summed E-state index contributed by atoms with van der Waals surface area (Å²) in [5.74, 6) is 1.12. The van der Waals surface area contributed by atoms with Crippen molar-refractivity contribution in [3.8, 4) is 0 Å². The Kier molecular flexibility index (Phi) is 1.38. The van der Waals surface area contributed by atoms with E-state index < -0.39 is 6.23 Å². The number of aliphatic hydroxyl groups is 1. The quantitative estimate of drug-likeness (QED) is 0.522. The van der Waals surface area contributed by atoms with Crippen molar-refractivity contribution in [2.24, 2.45) is 4.99 Å². The summed E-state index contributed by atoms with van der Waals surface area (Å²) < 4.78 is 0. The number of nitrogens with zero attached hydrogens (tertiary/aromatic N) is 2. The van der Waals surface area contributed by atoms with E-state index in [2.05, 4.69) is 9.89 Å². The van der Waals surface area contributed by atoms with Crippen LogP contribution in [0.25, 0.3) is 0 Å². The standard InChI is InChI=1S/C7H12N2O/c10-7-5-9-4-2-1-3-6(9)8-7/h7,10H,1-5H2. The van der Waals surface area contributed by atoms with Crippen molar-refractivity contribution < 1.29 is 5.11 Å². The van der Waals surface area contributed by atoms with Crippen LogP contribution in [-0.4, -0.2) is 35.2 Å². The number of piperidine rings is 1. The van der Waals surface area contributed by atoms with Crippen molar-refractivity contribution >= 4 is 5.84 Å². The van der Waals surface area contributed by atoms with Crippen LogP contribution in [0.5, 0.6) is 0 Å². The Morgan fingerprint density at radius 1 is 1.50 bits per heavy atom. The van der Waals surface area contributed by atoms with Gasteiger partial charge in [-0.1, -0.05) is 0 Å². The van der Waals surface area contributed by atoms with Crippen LogP contribution in [0.15, 0.2) is 4.99 Å². The van der Waals surface area contributed by atoms with Crippen LogP contribution >= 0.6 is 0 Å². The molecule has 0 aliphatic carbocycles. The molecule has 1 atom stereocenters. The molecule has 0 spiro atoms. The van der Waals surface area contributed by atoms with E-state index in [1.807, 2.05) is 0 Å². The second-order valence-electron chi connectivity index (χ2n) is 2.93. The largest absolute Gasteiger partial charge is 0.370 e. The third-order valence-electron chi connectivity index (χ3n) is 2.13. The minimum atomic E-state index is -0.437. The molecule has 1 saturated heterocycles. The summed E-state index contributed by atoms with van der Waals surface area (Å²) in [6, 6.07) is 0. The lowest BCUT2D eigenvalue weighted by atomic mass is 10.1. The van der Waals surface area contributed by atoms with Gasteiger partial charge in [0.05, 0.1) is 6.54 Å². The van der Waals surface area contributed by atoms with Crippen LogP contribution in [-0.2, 0) is 0 Å². The van der Waals surface area contributed by atoms with Gasteiger partial charge >= 0.3 is 0 Å². The van der Waals surface area contributed by atoms with Gasteiger partial charge in [0.1, 0.15) is 5.84 Å². The molecule has 2 rings (SSSR count). The van der Waals surface area contributed by atoms with E-state index in [0.29, 0.717) is 0 Å². The van der Waals surface area contributed by atoms with Crippen molar-refractivity contribution in [3.63, 3.8) is 0 Å². The summed E-state index contributed by atoms with van der Waals surface area (Å²) in [6.45, 7) is 1.82. The number of rotatable bonds is 0. The van der Waals surface area contributed by atoms with E-state index in [1.54, 1.807) is 0 Å². The van der Waals surface area contributed by atoms with Crippen molar-refractivity contribution in [1.29, 1.82) is 0 Å². The van der Waals surface area contributed by atoms with Gasteiger partial charge in [-0.25, -0.2) is 4.99 Å². The molecule has 0 aromatic heterocycles. The predicted octanol–water partition coefficient (Wildman–Crippen LogP) is 0.203. The first-order valence-corrected chi connectivity index (χ1v) is 3.86. The van der Waals surface area contributed by atoms with Crippen molar-refractivity contribution in [1.82, 2.24) is 4.90 Å². The third kappa shape index (κ3) is 0.904. The molecular formula is C7H12N2O. The van der Waals surface area contributed by atoms with Gasteiger partial charge in [-0.15, -0.1) is 0 Å². The van der Waals surface area contributed by atoms with Crippen LogP contribution in [0.3, 0.4) is 0 Å². The van der Waals surface area contributed by atoms with E-state index in [4.69, 9.17) is 5.11 Å². The lowest BCUT2D eigenvalue weighted by molar-refractivity contribution is 0.170. The summed E-state index contributed by atoms with van der Waals surface area (Å²) >= 11 is 0. The molecule has 1 N–H and O–H groups in total. The van der Waals surface area contributed by atoms with Crippen molar-refractivity contribution in [3.05, 3.63) is 0 Å². The third-order valence-corrected chi connectivity index (χ3v) is 2.13. The first-order valence-electron chi connectivity index (χ1n) is 3.86. The number of hydrogen-bond acceptors (Lipinski definition) is 3. The van der Waals surface area contributed by atoms with Crippen molar-refractivity contribution in [2.75, 3.05) is 13.1 Å². The van der Waals surface area contributed by atoms with Crippen molar-refractivity contribution in [2.45, 2.75) is 25.5 Å². The Bertz CT molecular complexity index is 167. The Morgan fingerprint density at radius 2 is 2.40 bits per heavy atom. The van der Waals surface area contributed by atoms with Crippen LogP contribution < -0.4 is 0 Å². The zero-order valence-corrected chi connectivity index (χ0v) is 5.95. The highest BCUT2D eigenvalue weighted by Crippen LogP contribution is 2.17. The molecule has 1 unspecified atom stereocenters. The summed E-state index contributed by atoms with van der Waals surface area (Å²) in [5, 5.41) is 9.13. The first-order chi connectivity index (χ1) is 4.86. The zero-order valence-electron chi connectivity index (χ0n) is 5.95. The van der Waals surface area contributed by atoms with Crippen LogP contribution in [0.4, 0.5) is 0 Å². The van der Waals surface area contributed by atoms with E-state index in [-0.39, 0.29) is 0 Å². The zero-order chi connectivity index (χ0) is 6.97. The number of aliphatic imine (C=N–C) groups is 1. The fraction of sp³-hybridized carbons (Fsp3) is 0.857. The molecule has 2 aliphatic rings. The maximum atomic E-state index is 9.13. The van der Waals surface area contributed by atoms with E-state index in [0.717, 1.165) is 25.3 Å². The monoisotopic (exact) mass is 140 g/mol. The molecule has 0 amide bonds. The average Bonchev–Trinajstić information content (AvgIpc) is 2.27. The second-order valence-corrected chi connectivity index (χ2v) is 2.93. The molecule has 3 heteroatoms. The molecule has 0 aromatic rings. The number of hydrogen-bond donors (Lipinski definition) is 1. The van der Waals surface area contributed by atoms with Gasteiger partial charge in [0.25, 0.3) is 0 Å². The maximum Gasteiger partial charge on any atom is 0.164 e. The molecule has 1 fully saturated rings. The predicted molar refractivity (Wildman–Crippen MR) is 38.9 cm³/mol. The highest BCUT2D eigenvalue weighted by Gasteiger charge is 2.24. The molecule has 3 nitrogen and oxygen atoms in total. The molecular weight excluding hydrogens is 128 g/mol. The first kappa shape index (κ1) is 6.16. The van der Waals surface area contributed by atoms with Gasteiger partial charge in [-0.3, -0.25) is 0 Å². The Labute approximate surface area is 60.4 Å². The summed E-state index contributed by atoms with van der Waals surface area (Å²) in [6.07, 6.45) is 3.12.